The predicted octanol–water partition coefficient (Wildman–Crippen LogP) is 3.14. The van der Waals surface area contributed by atoms with Gasteiger partial charge in [0.15, 0.2) is 0 Å². The summed E-state index contributed by atoms with van der Waals surface area (Å²) in [5.74, 6) is 0.524. The molecule has 0 spiro atoms. The molecule has 2 aromatic carbocycles. The van der Waals surface area contributed by atoms with Crippen molar-refractivity contribution in [1.29, 1.82) is 0 Å². The number of sulfonamides is 1. The van der Waals surface area contributed by atoms with Crippen LogP contribution >= 0.6 is 0 Å². The summed E-state index contributed by atoms with van der Waals surface area (Å²) in [6.45, 7) is 1.47. The zero-order valence-electron chi connectivity index (χ0n) is 16.3. The van der Waals surface area contributed by atoms with E-state index in [4.69, 9.17) is 4.74 Å². The third kappa shape index (κ3) is 4.72. The molecule has 0 radical (unpaired) electrons. The van der Waals surface area contributed by atoms with Crippen LogP contribution in [-0.4, -0.2) is 50.7 Å². The molecule has 2 aromatic rings. The second-order valence-electron chi connectivity index (χ2n) is 7.12. The Hall–Kier alpha value is -2.38. The van der Waals surface area contributed by atoms with Crippen LogP contribution in [0.2, 0.25) is 0 Å². The molecule has 1 heterocycles. The van der Waals surface area contributed by atoms with Crippen molar-refractivity contribution in [2.45, 2.75) is 30.8 Å². The molecule has 1 amide bonds. The van der Waals surface area contributed by atoms with Crippen LogP contribution in [0.3, 0.4) is 0 Å². The minimum absolute atomic E-state index is 0.0610. The molecule has 0 bridgehead atoms. The predicted molar refractivity (Wildman–Crippen MR) is 108 cm³/mol. The molecular formula is C21H26N2O4S. The number of ether oxygens (including phenoxy) is 1. The lowest BCUT2D eigenvalue weighted by Gasteiger charge is -2.25. The van der Waals surface area contributed by atoms with Crippen molar-refractivity contribution in [3.05, 3.63) is 59.7 Å². The van der Waals surface area contributed by atoms with Gasteiger partial charge in [-0.3, -0.25) is 4.79 Å². The number of carbonyl (C=O) groups excluding carboxylic acids is 1. The molecule has 150 valence electrons. The molecule has 1 aliphatic heterocycles. The summed E-state index contributed by atoms with van der Waals surface area (Å²) in [6, 6.07) is 13.8. The highest BCUT2D eigenvalue weighted by molar-refractivity contribution is 7.89. The van der Waals surface area contributed by atoms with E-state index in [1.807, 2.05) is 12.1 Å². The lowest BCUT2D eigenvalue weighted by molar-refractivity contribution is 0.0827. The smallest absolute Gasteiger partial charge is 0.253 e. The Balaban J connectivity index is 1.65. The second-order valence-corrected chi connectivity index (χ2v) is 9.06. The van der Waals surface area contributed by atoms with Gasteiger partial charge in [-0.25, -0.2) is 8.42 Å². The van der Waals surface area contributed by atoms with Gasteiger partial charge in [-0.1, -0.05) is 18.6 Å². The van der Waals surface area contributed by atoms with Crippen LogP contribution in [0.4, 0.5) is 0 Å². The number of hydrogen-bond donors (Lipinski definition) is 0. The molecule has 1 fully saturated rings. The number of amides is 1. The van der Waals surface area contributed by atoms with Gasteiger partial charge in [0.25, 0.3) is 5.91 Å². The highest BCUT2D eigenvalue weighted by atomic mass is 32.2. The van der Waals surface area contributed by atoms with Gasteiger partial charge >= 0.3 is 0 Å². The molecule has 3 rings (SSSR count). The minimum atomic E-state index is -3.43. The molecule has 0 atom stereocenters. The Kier molecular flexibility index (Phi) is 6.36. The van der Waals surface area contributed by atoms with E-state index < -0.39 is 10.0 Å². The van der Waals surface area contributed by atoms with Crippen LogP contribution in [0.15, 0.2) is 53.4 Å². The topological polar surface area (TPSA) is 66.9 Å². The first-order valence-corrected chi connectivity index (χ1v) is 10.9. The van der Waals surface area contributed by atoms with Gasteiger partial charge in [0.1, 0.15) is 12.4 Å². The zero-order valence-corrected chi connectivity index (χ0v) is 17.1. The fraction of sp³-hybridized carbons (Fsp3) is 0.381. The third-order valence-electron chi connectivity index (χ3n) is 4.76. The monoisotopic (exact) mass is 402 g/mol. The van der Waals surface area contributed by atoms with E-state index in [1.54, 1.807) is 54.8 Å². The van der Waals surface area contributed by atoms with Gasteiger partial charge in [-0.2, -0.15) is 4.31 Å². The lowest BCUT2D eigenvalue weighted by atomic mass is 10.1. The van der Waals surface area contributed by atoms with Crippen LogP contribution in [0, 0.1) is 0 Å². The summed E-state index contributed by atoms with van der Waals surface area (Å²) in [7, 11) is -0.00698. The maximum absolute atomic E-state index is 12.7. The van der Waals surface area contributed by atoms with Crippen LogP contribution in [0.5, 0.6) is 5.75 Å². The van der Waals surface area contributed by atoms with E-state index in [0.717, 1.165) is 24.8 Å². The number of benzene rings is 2. The van der Waals surface area contributed by atoms with Gasteiger partial charge in [0, 0.05) is 32.7 Å². The van der Waals surface area contributed by atoms with Gasteiger partial charge in [0.2, 0.25) is 10.0 Å². The lowest BCUT2D eigenvalue weighted by Crippen LogP contribution is -2.35. The van der Waals surface area contributed by atoms with E-state index in [1.165, 1.54) is 4.90 Å². The minimum Gasteiger partial charge on any atom is -0.489 e. The Bertz CT molecular complexity index is 918. The Morgan fingerprint density at radius 1 is 1.04 bits per heavy atom. The van der Waals surface area contributed by atoms with Crippen LogP contribution < -0.4 is 4.74 Å². The molecular weight excluding hydrogens is 376 g/mol. The Labute approximate surface area is 166 Å². The summed E-state index contributed by atoms with van der Waals surface area (Å²) in [4.78, 5) is 13.9. The van der Waals surface area contributed by atoms with Crippen molar-refractivity contribution in [1.82, 2.24) is 9.21 Å². The van der Waals surface area contributed by atoms with Crippen molar-refractivity contribution >= 4 is 15.9 Å². The maximum atomic E-state index is 12.7. The SMILES string of the molecule is CN(C)C(=O)c1cccc(COc2ccc(S(=O)(=O)N3CCCCC3)cc2)c1. The normalized spacial score (nSPS) is 15.2. The van der Waals surface area contributed by atoms with Crippen molar-refractivity contribution < 1.29 is 17.9 Å². The molecule has 0 aromatic heterocycles. The molecule has 0 unspecified atom stereocenters. The molecule has 28 heavy (non-hydrogen) atoms. The van der Waals surface area contributed by atoms with E-state index in [9.17, 15) is 13.2 Å². The van der Waals surface area contributed by atoms with Gasteiger partial charge in [-0.15, -0.1) is 0 Å². The zero-order chi connectivity index (χ0) is 20.1. The van der Waals surface area contributed by atoms with E-state index in [2.05, 4.69) is 0 Å². The van der Waals surface area contributed by atoms with Crippen molar-refractivity contribution in [3.63, 3.8) is 0 Å². The number of rotatable bonds is 6. The maximum Gasteiger partial charge on any atom is 0.253 e. The molecule has 7 heteroatoms. The largest absolute Gasteiger partial charge is 0.489 e. The molecule has 0 saturated carbocycles. The van der Waals surface area contributed by atoms with Gasteiger partial charge in [0.05, 0.1) is 4.90 Å². The summed E-state index contributed by atoms with van der Waals surface area (Å²) in [5.41, 5.74) is 1.48. The number of piperidine rings is 1. The molecule has 0 aliphatic carbocycles. The molecule has 0 N–H and O–H groups in total. The van der Waals surface area contributed by atoms with Crippen LogP contribution in [0.1, 0.15) is 35.2 Å². The van der Waals surface area contributed by atoms with E-state index >= 15 is 0 Å². The summed E-state index contributed by atoms with van der Waals surface area (Å²) in [6.07, 6.45) is 2.91. The first-order valence-electron chi connectivity index (χ1n) is 9.41. The van der Waals surface area contributed by atoms with Crippen LogP contribution in [-0.2, 0) is 16.6 Å². The average molecular weight is 403 g/mol. The van der Waals surface area contributed by atoms with E-state index in [-0.39, 0.29) is 5.91 Å². The highest BCUT2D eigenvalue weighted by Crippen LogP contribution is 2.23. The van der Waals surface area contributed by atoms with Gasteiger partial charge < -0.3 is 9.64 Å². The first kappa shape index (κ1) is 20.4. The fourth-order valence-electron chi connectivity index (χ4n) is 3.18. The standard InChI is InChI=1S/C21H26N2O4S/c1-22(2)21(24)18-8-6-7-17(15-18)16-27-19-9-11-20(12-10-19)28(25,26)23-13-4-3-5-14-23/h6-12,15H,3-5,13-14,16H2,1-2H3. The Morgan fingerprint density at radius 3 is 2.36 bits per heavy atom. The first-order chi connectivity index (χ1) is 13.4. The van der Waals surface area contributed by atoms with Crippen LogP contribution in [0.25, 0.3) is 0 Å². The van der Waals surface area contributed by atoms with E-state index in [0.29, 0.717) is 35.9 Å². The third-order valence-corrected chi connectivity index (χ3v) is 6.68. The summed E-state index contributed by atoms with van der Waals surface area (Å²) in [5, 5.41) is 0. The summed E-state index contributed by atoms with van der Waals surface area (Å²) < 4.78 is 32.7. The van der Waals surface area contributed by atoms with Crippen molar-refractivity contribution in [3.8, 4) is 5.75 Å². The number of carbonyl (C=O) groups is 1. The molecule has 6 nitrogen and oxygen atoms in total. The van der Waals surface area contributed by atoms with Crippen molar-refractivity contribution in [2.24, 2.45) is 0 Å². The quantitative estimate of drug-likeness (QED) is 0.745. The number of hydrogen-bond acceptors (Lipinski definition) is 4. The van der Waals surface area contributed by atoms with Crippen molar-refractivity contribution in [2.75, 3.05) is 27.2 Å². The van der Waals surface area contributed by atoms with Gasteiger partial charge in [-0.05, 0) is 54.8 Å². The second kappa shape index (κ2) is 8.75. The Morgan fingerprint density at radius 2 is 1.71 bits per heavy atom. The summed E-state index contributed by atoms with van der Waals surface area (Å²) >= 11 is 0. The fourth-order valence-corrected chi connectivity index (χ4v) is 4.70. The average Bonchev–Trinajstić information content (AvgIpc) is 2.73. The number of nitrogens with zero attached hydrogens (tertiary/aromatic N) is 2. The molecule has 1 saturated heterocycles. The molecule has 1 aliphatic rings. The highest BCUT2D eigenvalue weighted by Gasteiger charge is 2.25.